The van der Waals surface area contributed by atoms with Gasteiger partial charge in [0.2, 0.25) is 0 Å². The van der Waals surface area contributed by atoms with E-state index < -0.39 is 10.0 Å². The Balaban J connectivity index is 2.12. The first-order valence-electron chi connectivity index (χ1n) is 5.88. The fourth-order valence-electron chi connectivity index (χ4n) is 1.77. The van der Waals surface area contributed by atoms with Gasteiger partial charge in [0.25, 0.3) is 10.0 Å². The molecule has 1 N–H and O–H groups in total. The van der Waals surface area contributed by atoms with Crippen molar-refractivity contribution in [2.24, 2.45) is 0 Å². The number of hydrogen-bond donors (Lipinski definition) is 1. The maximum atomic E-state index is 12.3. The van der Waals surface area contributed by atoms with E-state index in [4.69, 9.17) is 11.6 Å². The normalized spacial score (nSPS) is 13.3. The number of nitrogens with one attached hydrogen (secondary N) is 1. The van der Waals surface area contributed by atoms with Crippen molar-refractivity contribution in [2.45, 2.75) is 16.7 Å². The third-order valence-electron chi connectivity index (χ3n) is 2.66. The molecule has 0 fully saturated rings. The van der Waals surface area contributed by atoms with Crippen LogP contribution in [0.15, 0.2) is 50.5 Å². The topological polar surface area (TPSA) is 46.2 Å². The summed E-state index contributed by atoms with van der Waals surface area (Å²) in [6, 6.07) is 11.1. The number of hydrogen-bond acceptors (Lipinski definition) is 3. The monoisotopic (exact) mass is 393 g/mol. The highest BCUT2D eigenvalue weighted by Gasteiger charge is 2.23. The fraction of sp³-hybridized carbons (Fsp3) is 0.231. The van der Waals surface area contributed by atoms with Gasteiger partial charge < -0.3 is 0 Å². The van der Waals surface area contributed by atoms with E-state index in [2.05, 4.69) is 20.7 Å². The molecule has 0 aliphatic heterocycles. The summed E-state index contributed by atoms with van der Waals surface area (Å²) < 4.78 is 28.1. The third-order valence-corrected chi connectivity index (χ3v) is 7.22. The maximum absolute atomic E-state index is 12.3. The lowest BCUT2D eigenvalue weighted by Gasteiger charge is -2.16. The Kier molecular flexibility index (Phi) is 5.63. The van der Waals surface area contributed by atoms with Gasteiger partial charge in [0, 0.05) is 16.4 Å². The highest BCUT2D eigenvalue weighted by Crippen LogP contribution is 2.27. The average Bonchev–Trinajstić information content (AvgIpc) is 2.86. The van der Waals surface area contributed by atoms with Crippen LogP contribution in [0, 0.1) is 0 Å². The van der Waals surface area contributed by atoms with E-state index in [1.54, 1.807) is 11.4 Å². The van der Waals surface area contributed by atoms with E-state index in [9.17, 15) is 8.42 Å². The molecule has 3 nitrogen and oxygen atoms in total. The van der Waals surface area contributed by atoms with Gasteiger partial charge in [-0.15, -0.1) is 22.9 Å². The lowest BCUT2D eigenvalue weighted by atomic mass is 10.1. The van der Waals surface area contributed by atoms with Crippen molar-refractivity contribution >= 4 is 48.9 Å². The minimum Gasteiger partial charge on any atom is -0.206 e. The molecular weight excluding hydrogens is 382 g/mol. The van der Waals surface area contributed by atoms with Crippen LogP contribution in [0.1, 0.15) is 5.56 Å². The van der Waals surface area contributed by atoms with E-state index in [1.807, 2.05) is 30.3 Å². The number of halogens is 2. The Morgan fingerprint density at radius 1 is 1.25 bits per heavy atom. The maximum Gasteiger partial charge on any atom is 0.251 e. The van der Waals surface area contributed by atoms with Gasteiger partial charge in [-0.3, -0.25) is 0 Å². The van der Waals surface area contributed by atoms with E-state index in [0.717, 1.165) is 5.56 Å². The second-order valence-electron chi connectivity index (χ2n) is 4.22. The van der Waals surface area contributed by atoms with Crippen molar-refractivity contribution in [1.29, 1.82) is 0 Å². The Morgan fingerprint density at radius 2 is 1.95 bits per heavy atom. The molecule has 0 amide bonds. The first-order valence-corrected chi connectivity index (χ1v) is 9.57. The van der Waals surface area contributed by atoms with Crippen molar-refractivity contribution in [3.63, 3.8) is 0 Å². The lowest BCUT2D eigenvalue weighted by molar-refractivity contribution is 0.562. The van der Waals surface area contributed by atoms with Gasteiger partial charge in [0.05, 0.1) is 0 Å². The lowest BCUT2D eigenvalue weighted by Crippen LogP contribution is -2.37. The predicted molar refractivity (Wildman–Crippen MR) is 87.0 cm³/mol. The van der Waals surface area contributed by atoms with E-state index in [1.165, 1.54) is 11.3 Å². The molecule has 1 unspecified atom stereocenters. The Bertz CT molecular complexity index is 658. The van der Waals surface area contributed by atoms with Crippen molar-refractivity contribution < 1.29 is 8.42 Å². The highest BCUT2D eigenvalue weighted by atomic mass is 79.9. The van der Waals surface area contributed by atoms with Gasteiger partial charge in [0.15, 0.2) is 0 Å². The molecule has 1 atom stereocenters. The molecule has 2 aromatic rings. The molecule has 0 aliphatic carbocycles. The van der Waals surface area contributed by atoms with Crippen LogP contribution in [-0.2, 0) is 16.4 Å². The first kappa shape index (κ1) is 16.0. The third kappa shape index (κ3) is 4.05. The quantitative estimate of drug-likeness (QED) is 0.760. The minimum atomic E-state index is -3.54. The minimum absolute atomic E-state index is 0.219. The van der Waals surface area contributed by atoms with Crippen LogP contribution in [0.3, 0.4) is 0 Å². The highest BCUT2D eigenvalue weighted by molar-refractivity contribution is 9.10. The molecule has 0 spiro atoms. The molecule has 0 radical (unpaired) electrons. The summed E-state index contributed by atoms with van der Waals surface area (Å²) in [4.78, 5) is 0. The zero-order valence-electron chi connectivity index (χ0n) is 10.4. The second-order valence-corrected chi connectivity index (χ2v) is 8.21. The van der Waals surface area contributed by atoms with Crippen LogP contribution in [0.4, 0.5) is 0 Å². The standard InChI is InChI=1S/C13H13BrClNO2S2/c14-12-6-7-19-13(12)20(17,18)16-11(9-15)8-10-4-2-1-3-5-10/h1-7,11,16H,8-9H2. The van der Waals surface area contributed by atoms with E-state index >= 15 is 0 Å². The van der Waals surface area contributed by atoms with Crippen molar-refractivity contribution in [3.8, 4) is 0 Å². The van der Waals surface area contributed by atoms with Gasteiger partial charge in [-0.2, -0.15) is 0 Å². The largest absolute Gasteiger partial charge is 0.251 e. The molecule has 2 rings (SSSR count). The number of sulfonamides is 1. The number of benzene rings is 1. The van der Waals surface area contributed by atoms with Gasteiger partial charge in [0.1, 0.15) is 4.21 Å². The van der Waals surface area contributed by atoms with Crippen LogP contribution >= 0.6 is 38.9 Å². The molecule has 0 bridgehead atoms. The summed E-state index contributed by atoms with van der Waals surface area (Å²) in [5, 5.41) is 1.73. The summed E-state index contributed by atoms with van der Waals surface area (Å²) in [6.45, 7) is 0. The number of thiophene rings is 1. The SMILES string of the molecule is O=S(=O)(NC(CCl)Cc1ccccc1)c1sccc1Br. The Morgan fingerprint density at radius 3 is 2.50 bits per heavy atom. The molecule has 1 heterocycles. The van der Waals surface area contributed by atoms with Crippen LogP contribution < -0.4 is 4.72 Å². The van der Waals surface area contributed by atoms with Crippen LogP contribution in [0.2, 0.25) is 0 Å². The average molecular weight is 395 g/mol. The van der Waals surface area contributed by atoms with E-state index in [-0.39, 0.29) is 16.1 Å². The molecule has 0 saturated carbocycles. The molecule has 108 valence electrons. The summed E-state index contributed by atoms with van der Waals surface area (Å²) in [5.41, 5.74) is 1.05. The number of rotatable bonds is 6. The second kappa shape index (κ2) is 7.04. The summed E-state index contributed by atoms with van der Waals surface area (Å²) >= 11 is 10.3. The van der Waals surface area contributed by atoms with Crippen LogP contribution in [-0.4, -0.2) is 20.3 Å². The molecule has 1 aromatic carbocycles. The summed E-state index contributed by atoms with van der Waals surface area (Å²) in [7, 11) is -3.54. The van der Waals surface area contributed by atoms with Crippen molar-refractivity contribution in [3.05, 3.63) is 51.8 Å². The molecule has 0 aliphatic rings. The first-order chi connectivity index (χ1) is 9.53. The van der Waals surface area contributed by atoms with Crippen molar-refractivity contribution in [1.82, 2.24) is 4.72 Å². The molecule has 7 heteroatoms. The zero-order chi connectivity index (χ0) is 14.6. The summed E-state index contributed by atoms with van der Waals surface area (Å²) in [5.74, 6) is 0.219. The summed E-state index contributed by atoms with van der Waals surface area (Å²) in [6.07, 6.45) is 0.562. The van der Waals surface area contributed by atoms with Crippen molar-refractivity contribution in [2.75, 3.05) is 5.88 Å². The van der Waals surface area contributed by atoms with Crippen LogP contribution in [0.5, 0.6) is 0 Å². The van der Waals surface area contributed by atoms with Crippen LogP contribution in [0.25, 0.3) is 0 Å². The molecule has 1 aromatic heterocycles. The predicted octanol–water partition coefficient (Wildman–Crippen LogP) is 3.64. The van der Waals surface area contributed by atoms with Gasteiger partial charge in [-0.05, 0) is 39.4 Å². The van der Waals surface area contributed by atoms with E-state index in [0.29, 0.717) is 10.9 Å². The Hall–Kier alpha value is -0.400. The molecular formula is C13H13BrClNO2S2. The fourth-order valence-corrected chi connectivity index (χ4v) is 5.64. The molecule has 0 saturated heterocycles. The molecule has 20 heavy (non-hydrogen) atoms. The number of alkyl halides is 1. The zero-order valence-corrected chi connectivity index (χ0v) is 14.4. The smallest absolute Gasteiger partial charge is 0.206 e. The van der Waals surface area contributed by atoms with Gasteiger partial charge in [-0.25, -0.2) is 13.1 Å². The Labute approximate surface area is 136 Å². The van der Waals surface area contributed by atoms with Gasteiger partial charge >= 0.3 is 0 Å². The van der Waals surface area contributed by atoms with Gasteiger partial charge in [-0.1, -0.05) is 30.3 Å².